The van der Waals surface area contributed by atoms with Gasteiger partial charge in [0.1, 0.15) is 0 Å². The van der Waals surface area contributed by atoms with Gasteiger partial charge in [-0.05, 0) is 49.9 Å². The number of ether oxygens (including phenoxy) is 2. The number of hydrogen-bond donors (Lipinski definition) is 3. The number of aryl methyl sites for hydroxylation is 1. The average molecular weight is 529 g/mol. The maximum atomic E-state index is 11.8. The number of carboxylic acids is 2. The molecule has 11 nitrogen and oxygen atoms in total. The summed E-state index contributed by atoms with van der Waals surface area (Å²) in [6, 6.07) is 7.53. The first kappa shape index (κ1) is 28.6. The van der Waals surface area contributed by atoms with Crippen LogP contribution in [0.2, 0.25) is 0 Å². The number of aliphatic imine (C=N–C) groups is 1. The van der Waals surface area contributed by atoms with Crippen LogP contribution in [0, 0.1) is 0 Å². The summed E-state index contributed by atoms with van der Waals surface area (Å²) < 4.78 is 12.9. The Labute approximate surface area is 219 Å². The van der Waals surface area contributed by atoms with Gasteiger partial charge in [-0.1, -0.05) is 0 Å². The molecule has 4 rings (SSSR count). The van der Waals surface area contributed by atoms with E-state index in [2.05, 4.69) is 0 Å². The maximum Gasteiger partial charge on any atom is 0.372 e. The third-order valence-electron chi connectivity index (χ3n) is 6.54. The van der Waals surface area contributed by atoms with E-state index in [1.54, 1.807) is 24.8 Å². The first-order valence-corrected chi connectivity index (χ1v) is 12.3. The van der Waals surface area contributed by atoms with E-state index in [9.17, 15) is 24.3 Å². The van der Waals surface area contributed by atoms with E-state index in [4.69, 9.17) is 24.7 Å². The van der Waals surface area contributed by atoms with Crippen LogP contribution in [0.1, 0.15) is 61.6 Å². The molecule has 2 aliphatic rings. The van der Waals surface area contributed by atoms with Crippen LogP contribution in [0.3, 0.4) is 0 Å². The van der Waals surface area contributed by atoms with Gasteiger partial charge in [-0.2, -0.15) is 0 Å². The van der Waals surface area contributed by atoms with Gasteiger partial charge < -0.3 is 29.4 Å². The van der Waals surface area contributed by atoms with Crippen LogP contribution in [0.25, 0.3) is 0 Å². The van der Waals surface area contributed by atoms with Crippen LogP contribution in [0.5, 0.6) is 11.5 Å². The van der Waals surface area contributed by atoms with Gasteiger partial charge in [0, 0.05) is 42.8 Å². The van der Waals surface area contributed by atoms with Crippen molar-refractivity contribution in [2.75, 3.05) is 13.7 Å². The van der Waals surface area contributed by atoms with Crippen LogP contribution in [-0.4, -0.2) is 69.2 Å². The highest BCUT2D eigenvalue weighted by molar-refractivity contribution is 6.32. The van der Waals surface area contributed by atoms with Gasteiger partial charge >= 0.3 is 11.9 Å². The number of carboxylic acid groups (broad SMARTS) is 2. The normalized spacial score (nSPS) is 19.6. The Hall–Kier alpha value is -3.99. The zero-order valence-corrected chi connectivity index (χ0v) is 21.5. The molecule has 38 heavy (non-hydrogen) atoms. The van der Waals surface area contributed by atoms with E-state index >= 15 is 0 Å². The van der Waals surface area contributed by atoms with Crippen molar-refractivity contribution >= 4 is 23.4 Å². The van der Waals surface area contributed by atoms with Crippen LogP contribution < -0.4 is 15.0 Å². The number of aromatic nitrogens is 1. The van der Waals surface area contributed by atoms with Crippen LogP contribution in [0.4, 0.5) is 0 Å². The molecule has 11 heteroatoms. The summed E-state index contributed by atoms with van der Waals surface area (Å²) in [6.07, 6.45) is 2.95. The summed E-state index contributed by atoms with van der Waals surface area (Å²) in [4.78, 5) is 46.6. The largest absolute Gasteiger partial charge is 0.493 e. The highest BCUT2D eigenvalue weighted by Crippen LogP contribution is 2.44. The van der Waals surface area contributed by atoms with Crippen LogP contribution >= 0.6 is 0 Å². The Morgan fingerprint density at radius 2 is 1.84 bits per heavy atom. The minimum absolute atomic E-state index is 0.0525. The summed E-state index contributed by atoms with van der Waals surface area (Å²) in [5.41, 5.74) is 3.83. The van der Waals surface area contributed by atoms with Gasteiger partial charge in [0.2, 0.25) is 11.3 Å². The first-order valence-electron chi connectivity index (χ1n) is 12.3. The molecule has 0 radical (unpaired) electrons. The van der Waals surface area contributed by atoms with Crippen LogP contribution in [-0.2, 0) is 21.4 Å². The Kier molecular flexibility index (Phi) is 9.40. The number of rotatable bonds is 8. The van der Waals surface area contributed by atoms with Crippen molar-refractivity contribution in [3.8, 4) is 11.5 Å². The lowest BCUT2D eigenvalue weighted by atomic mass is 9.74. The second kappa shape index (κ2) is 12.5. The number of carbonyl (C=O) groups is 3. The lowest BCUT2D eigenvalue weighted by Gasteiger charge is -2.37. The molecule has 3 N–H and O–H groups in total. The Balaban J connectivity index is 0.000000342. The van der Waals surface area contributed by atoms with Crippen molar-refractivity contribution in [2.45, 2.75) is 57.1 Å². The summed E-state index contributed by atoms with van der Waals surface area (Å²) >= 11 is 0. The van der Waals surface area contributed by atoms with Crippen molar-refractivity contribution in [1.82, 2.24) is 4.57 Å². The molecule has 0 unspecified atom stereocenters. The second-order valence-corrected chi connectivity index (χ2v) is 9.13. The number of methoxy groups -OCH3 is 1. The lowest BCUT2D eigenvalue weighted by molar-refractivity contribution is -0.149. The number of aliphatic hydroxyl groups excluding tert-OH is 1. The van der Waals surface area contributed by atoms with E-state index in [1.807, 2.05) is 31.3 Å². The quantitative estimate of drug-likeness (QED) is 0.435. The molecule has 1 aromatic heterocycles. The SMILES string of the molecule is CCOc1cc2c(cc1OC)C(c1ccc(=O)n(C)c1)=N[C@@H]1CC[C@@H](O)C[C@H]21.O=C(O)CCC(=O)C(=O)O. The highest BCUT2D eigenvalue weighted by Gasteiger charge is 2.37. The molecule has 2 aromatic rings. The third-order valence-corrected chi connectivity index (χ3v) is 6.54. The van der Waals surface area contributed by atoms with Gasteiger partial charge in [-0.15, -0.1) is 0 Å². The summed E-state index contributed by atoms with van der Waals surface area (Å²) in [5.74, 6) is -2.30. The first-order chi connectivity index (χ1) is 18.0. The van der Waals surface area contributed by atoms with Crippen molar-refractivity contribution in [2.24, 2.45) is 12.0 Å². The minimum Gasteiger partial charge on any atom is -0.493 e. The molecule has 0 bridgehead atoms. The van der Waals surface area contributed by atoms with Crippen molar-refractivity contribution < 1.29 is 39.2 Å². The fourth-order valence-electron chi connectivity index (χ4n) is 4.66. The summed E-state index contributed by atoms with van der Waals surface area (Å²) in [6.45, 7) is 2.50. The van der Waals surface area contributed by atoms with Gasteiger partial charge in [0.05, 0.1) is 38.0 Å². The molecule has 0 saturated heterocycles. The molecule has 1 aliphatic heterocycles. The van der Waals surface area contributed by atoms with Crippen molar-refractivity contribution in [3.63, 3.8) is 0 Å². The molecule has 0 amide bonds. The molecule has 2 heterocycles. The lowest BCUT2D eigenvalue weighted by Crippen LogP contribution is -2.34. The standard InChI is InChI=1S/C22H26N2O4.C5H6O5/c1-4-28-20-10-15-16-9-14(25)6-7-18(16)23-22(17(15)11-19(20)27-3)13-5-8-21(26)24(2)12-13;6-3(5(9)10)1-2-4(7)8/h5,8,10-12,14,16,18,25H,4,6-7,9H2,1-3H3;1-2H2,(H,7,8)(H,9,10)/t14-,16-,18-;/m1./s1. The number of carbonyl (C=O) groups excluding carboxylic acids is 1. The number of Topliss-reactive ketones (excluding diaryl/α,β-unsaturated/α-hetero) is 1. The van der Waals surface area contributed by atoms with Crippen molar-refractivity contribution in [3.05, 3.63) is 57.5 Å². The van der Waals surface area contributed by atoms with Gasteiger partial charge in [0.15, 0.2) is 11.5 Å². The van der Waals surface area contributed by atoms with E-state index < -0.39 is 30.6 Å². The summed E-state index contributed by atoms with van der Waals surface area (Å²) in [7, 11) is 3.37. The van der Waals surface area contributed by atoms with Crippen molar-refractivity contribution in [1.29, 1.82) is 0 Å². The predicted molar refractivity (Wildman–Crippen MR) is 137 cm³/mol. The maximum absolute atomic E-state index is 11.8. The molecule has 1 fully saturated rings. The Bertz CT molecular complexity index is 1300. The Morgan fingerprint density at radius 3 is 2.45 bits per heavy atom. The smallest absolute Gasteiger partial charge is 0.372 e. The molecular weight excluding hydrogens is 496 g/mol. The summed E-state index contributed by atoms with van der Waals surface area (Å²) in [5, 5.41) is 26.2. The molecule has 0 spiro atoms. The topological polar surface area (TPSA) is 165 Å². The number of benzene rings is 1. The molecule has 1 aliphatic carbocycles. The van der Waals surface area contributed by atoms with Gasteiger partial charge in [-0.3, -0.25) is 19.4 Å². The van der Waals surface area contributed by atoms with E-state index in [0.717, 1.165) is 35.2 Å². The number of ketones is 1. The number of pyridine rings is 1. The predicted octanol–water partition coefficient (Wildman–Crippen LogP) is 2.15. The zero-order chi connectivity index (χ0) is 28.0. The average Bonchev–Trinajstić information content (AvgIpc) is 2.88. The fraction of sp³-hybridized carbons (Fsp3) is 0.444. The molecular formula is C27H32N2O9. The number of hydrogen-bond acceptors (Lipinski definition) is 8. The molecule has 3 atom stereocenters. The highest BCUT2D eigenvalue weighted by atomic mass is 16.5. The van der Waals surface area contributed by atoms with Crippen LogP contribution in [0.15, 0.2) is 40.2 Å². The second-order valence-electron chi connectivity index (χ2n) is 9.13. The number of nitrogens with zero attached hydrogens (tertiary/aromatic N) is 2. The van der Waals surface area contributed by atoms with Gasteiger partial charge in [0.25, 0.3) is 0 Å². The monoisotopic (exact) mass is 528 g/mol. The molecule has 1 saturated carbocycles. The number of fused-ring (bicyclic) bond motifs is 3. The van der Waals surface area contributed by atoms with E-state index in [1.165, 1.54) is 0 Å². The molecule has 1 aromatic carbocycles. The van der Waals surface area contributed by atoms with Gasteiger partial charge in [-0.25, -0.2) is 4.79 Å². The van der Waals surface area contributed by atoms with E-state index in [-0.39, 0.29) is 23.6 Å². The molecule has 204 valence electrons. The fourth-order valence-corrected chi connectivity index (χ4v) is 4.66. The minimum atomic E-state index is -1.58. The number of aliphatic hydroxyl groups is 1. The third kappa shape index (κ3) is 6.65. The number of aliphatic carboxylic acids is 2. The Morgan fingerprint density at radius 1 is 1.11 bits per heavy atom. The van der Waals surface area contributed by atoms with E-state index in [0.29, 0.717) is 24.5 Å². The zero-order valence-electron chi connectivity index (χ0n) is 21.5.